The van der Waals surface area contributed by atoms with Crippen LogP contribution in [0, 0.1) is 28.6 Å². The molecule has 0 aromatic carbocycles. The Morgan fingerprint density at radius 1 is 1.28 bits per heavy atom. The molecule has 0 spiro atoms. The molecular weight excluding hydrogens is 382 g/mol. The number of carbonyl (C=O) groups excluding carboxylic acids is 2. The first-order valence-corrected chi connectivity index (χ1v) is 10.2. The van der Waals surface area contributed by atoms with Gasteiger partial charge >= 0.3 is 0 Å². The van der Waals surface area contributed by atoms with Gasteiger partial charge in [0.05, 0.1) is 6.10 Å². The second kappa shape index (κ2) is 6.05. The Morgan fingerprint density at radius 2 is 1.93 bits per heavy atom. The minimum atomic E-state index is -2.24. The third-order valence-electron chi connectivity index (χ3n) is 8.78. The standard InChI is InChI=1S/C22H28F2O5/c1-11-6-13-14-8-16(23)15-7-12(26)4-5-19(15,2)21(14,24)17(27)9-20(13,3)22(11,29)18(28)10-25/h4-5,7,11,13-14,16-17,25,27,29H,6,8-10H2,1-3H3/t11-,13-,14-,16+,17+,19+,20-,21-,22-/m1/s1. The van der Waals surface area contributed by atoms with E-state index in [-0.39, 0.29) is 24.8 Å². The summed E-state index contributed by atoms with van der Waals surface area (Å²) >= 11 is 0. The Labute approximate surface area is 168 Å². The topological polar surface area (TPSA) is 94.8 Å². The Morgan fingerprint density at radius 3 is 2.55 bits per heavy atom. The van der Waals surface area contributed by atoms with Crippen LogP contribution in [0.4, 0.5) is 8.78 Å². The molecule has 3 fully saturated rings. The first-order chi connectivity index (χ1) is 13.4. The normalized spacial score (nSPS) is 53.7. The number of halogens is 2. The van der Waals surface area contributed by atoms with Crippen molar-refractivity contribution in [2.75, 3.05) is 6.61 Å². The van der Waals surface area contributed by atoms with E-state index < -0.39 is 70.3 Å². The number of hydrogen-bond acceptors (Lipinski definition) is 5. The molecule has 4 aliphatic carbocycles. The summed E-state index contributed by atoms with van der Waals surface area (Å²) in [5.74, 6) is -3.24. The maximum atomic E-state index is 16.9. The lowest BCUT2D eigenvalue weighted by Gasteiger charge is -2.63. The number of hydrogen-bond donors (Lipinski definition) is 3. The molecule has 3 N–H and O–H groups in total. The zero-order chi connectivity index (χ0) is 21.6. The molecule has 29 heavy (non-hydrogen) atoms. The van der Waals surface area contributed by atoms with Crippen molar-refractivity contribution in [3.05, 3.63) is 23.8 Å². The number of ketones is 2. The van der Waals surface area contributed by atoms with Crippen LogP contribution in [0.3, 0.4) is 0 Å². The molecule has 0 aliphatic heterocycles. The van der Waals surface area contributed by atoms with Crippen molar-refractivity contribution in [1.29, 1.82) is 0 Å². The van der Waals surface area contributed by atoms with Crippen LogP contribution in [-0.4, -0.2) is 57.0 Å². The molecule has 0 unspecified atom stereocenters. The van der Waals surface area contributed by atoms with Crippen molar-refractivity contribution in [3.8, 4) is 0 Å². The molecule has 0 aromatic heterocycles. The first-order valence-electron chi connectivity index (χ1n) is 10.2. The second-order valence-corrected chi connectivity index (χ2v) is 9.84. The average molecular weight is 410 g/mol. The SMILES string of the molecule is C[C@@H]1C[C@@H]2[C@H]3C[C@H](F)C4=CC(=O)C=C[C@]4(C)[C@]3(F)[C@@H](O)C[C@@]2(C)[C@]1(O)C(=O)CO. The van der Waals surface area contributed by atoms with E-state index in [1.165, 1.54) is 19.1 Å². The lowest BCUT2D eigenvalue weighted by Crippen LogP contribution is -2.70. The van der Waals surface area contributed by atoms with Crippen molar-refractivity contribution in [3.63, 3.8) is 0 Å². The van der Waals surface area contributed by atoms with E-state index in [1.807, 2.05) is 0 Å². The van der Waals surface area contributed by atoms with Gasteiger partial charge in [0.15, 0.2) is 17.2 Å². The quantitative estimate of drug-likeness (QED) is 0.646. The highest BCUT2D eigenvalue weighted by atomic mass is 19.1. The van der Waals surface area contributed by atoms with Crippen molar-refractivity contribution in [1.82, 2.24) is 0 Å². The number of fused-ring (bicyclic) bond motifs is 5. The third-order valence-corrected chi connectivity index (χ3v) is 8.78. The van der Waals surface area contributed by atoms with Crippen LogP contribution in [0.5, 0.6) is 0 Å². The van der Waals surface area contributed by atoms with Gasteiger partial charge in [0.2, 0.25) is 0 Å². The Balaban J connectivity index is 1.87. The second-order valence-electron chi connectivity index (χ2n) is 9.84. The summed E-state index contributed by atoms with van der Waals surface area (Å²) in [5.41, 5.74) is -6.81. The minimum absolute atomic E-state index is 0.0409. The number of carbonyl (C=O) groups is 2. The molecule has 3 saturated carbocycles. The smallest absolute Gasteiger partial charge is 0.190 e. The third kappa shape index (κ3) is 2.19. The van der Waals surface area contributed by atoms with E-state index in [0.29, 0.717) is 0 Å². The molecule has 4 rings (SSSR count). The van der Waals surface area contributed by atoms with Gasteiger partial charge in [-0.05, 0) is 55.7 Å². The molecule has 0 bridgehead atoms. The van der Waals surface area contributed by atoms with E-state index in [1.54, 1.807) is 13.8 Å². The maximum absolute atomic E-state index is 16.9. The molecule has 0 heterocycles. The lowest BCUT2D eigenvalue weighted by atomic mass is 9.44. The van der Waals surface area contributed by atoms with Gasteiger partial charge < -0.3 is 15.3 Å². The summed E-state index contributed by atoms with van der Waals surface area (Å²) in [6.45, 7) is 3.96. The zero-order valence-electron chi connectivity index (χ0n) is 16.9. The predicted molar refractivity (Wildman–Crippen MR) is 100 cm³/mol. The highest BCUT2D eigenvalue weighted by molar-refractivity contribution is 6.01. The van der Waals surface area contributed by atoms with Gasteiger partial charge in [0.25, 0.3) is 0 Å². The molecule has 7 heteroatoms. The highest BCUT2D eigenvalue weighted by Gasteiger charge is 2.76. The number of alkyl halides is 2. The molecule has 9 atom stereocenters. The Bertz CT molecular complexity index is 839. The van der Waals surface area contributed by atoms with E-state index in [4.69, 9.17) is 0 Å². The predicted octanol–water partition coefficient (Wildman–Crippen LogP) is 1.84. The Hall–Kier alpha value is -1.44. The summed E-state index contributed by atoms with van der Waals surface area (Å²) in [6, 6.07) is 0. The minimum Gasteiger partial charge on any atom is -0.390 e. The molecule has 160 valence electrons. The van der Waals surface area contributed by atoms with Crippen LogP contribution in [0.2, 0.25) is 0 Å². The average Bonchev–Trinajstić information content (AvgIpc) is 2.86. The number of aliphatic hydroxyl groups excluding tert-OH is 2. The van der Waals surface area contributed by atoms with Gasteiger partial charge in [-0.25, -0.2) is 8.78 Å². The molecule has 5 nitrogen and oxygen atoms in total. The summed E-state index contributed by atoms with van der Waals surface area (Å²) in [5, 5.41) is 31.9. The van der Waals surface area contributed by atoms with Crippen molar-refractivity contribution in [2.45, 2.75) is 63.6 Å². The fourth-order valence-electron chi connectivity index (χ4n) is 7.25. The van der Waals surface area contributed by atoms with Crippen LogP contribution in [0.25, 0.3) is 0 Å². The maximum Gasteiger partial charge on any atom is 0.190 e. The van der Waals surface area contributed by atoms with Gasteiger partial charge in [0.1, 0.15) is 18.4 Å². The fourth-order valence-corrected chi connectivity index (χ4v) is 7.25. The van der Waals surface area contributed by atoms with Crippen molar-refractivity contribution in [2.24, 2.45) is 28.6 Å². The number of Topliss-reactive ketones (excluding diaryl/α,β-unsaturated/α-hetero) is 1. The van der Waals surface area contributed by atoms with E-state index in [9.17, 15) is 24.9 Å². The molecule has 0 aromatic rings. The van der Waals surface area contributed by atoms with E-state index >= 15 is 8.78 Å². The van der Waals surface area contributed by atoms with Crippen molar-refractivity contribution >= 4 is 11.6 Å². The summed E-state index contributed by atoms with van der Waals surface area (Å²) < 4.78 is 32.1. The van der Waals surface area contributed by atoms with Gasteiger partial charge in [-0.15, -0.1) is 0 Å². The summed E-state index contributed by atoms with van der Waals surface area (Å²) in [4.78, 5) is 24.3. The van der Waals surface area contributed by atoms with Gasteiger partial charge in [-0.1, -0.05) is 19.9 Å². The molecule has 4 aliphatic rings. The van der Waals surface area contributed by atoms with E-state index in [0.717, 1.165) is 6.08 Å². The molecular formula is C22H28F2O5. The summed E-state index contributed by atoms with van der Waals surface area (Å²) in [6.07, 6.45) is 0.427. The number of aliphatic hydroxyl groups is 3. The van der Waals surface area contributed by atoms with Gasteiger partial charge in [-0.3, -0.25) is 9.59 Å². The van der Waals surface area contributed by atoms with Crippen LogP contribution < -0.4 is 0 Å². The molecule has 0 saturated heterocycles. The monoisotopic (exact) mass is 410 g/mol. The van der Waals surface area contributed by atoms with E-state index in [2.05, 4.69) is 0 Å². The van der Waals surface area contributed by atoms with Crippen LogP contribution in [0.15, 0.2) is 23.8 Å². The Kier molecular flexibility index (Phi) is 4.34. The number of allylic oxidation sites excluding steroid dienone is 4. The highest BCUT2D eigenvalue weighted by Crippen LogP contribution is 2.70. The number of rotatable bonds is 2. The largest absolute Gasteiger partial charge is 0.390 e. The van der Waals surface area contributed by atoms with Crippen LogP contribution in [0.1, 0.15) is 40.0 Å². The molecule has 0 radical (unpaired) electrons. The zero-order valence-corrected chi connectivity index (χ0v) is 16.9. The summed E-state index contributed by atoms with van der Waals surface area (Å²) in [7, 11) is 0. The molecule has 0 amide bonds. The van der Waals surface area contributed by atoms with Crippen molar-refractivity contribution < 1.29 is 33.7 Å². The van der Waals surface area contributed by atoms with Gasteiger partial charge in [-0.2, -0.15) is 0 Å². The fraction of sp³-hybridized carbons (Fsp3) is 0.727. The van der Waals surface area contributed by atoms with Gasteiger partial charge in [0, 0.05) is 16.7 Å². The van der Waals surface area contributed by atoms with Crippen LogP contribution in [-0.2, 0) is 9.59 Å². The first kappa shape index (κ1) is 20.8. The lowest BCUT2D eigenvalue weighted by molar-refractivity contribution is -0.223. The van der Waals surface area contributed by atoms with Crippen LogP contribution >= 0.6 is 0 Å².